The molecule has 0 unspecified atom stereocenters. The number of amides is 1. The standard InChI is InChI=1S/C12H14ClNO2/c1-8(2)12(15)14-5-6-16-11-4-3-9(13)7-10(11)14/h3-4,7-8H,5-6H2,1-2H3. The Morgan fingerprint density at radius 2 is 2.25 bits per heavy atom. The lowest BCUT2D eigenvalue weighted by molar-refractivity contribution is -0.121. The van der Waals surface area contributed by atoms with E-state index >= 15 is 0 Å². The number of hydrogen-bond donors (Lipinski definition) is 0. The summed E-state index contributed by atoms with van der Waals surface area (Å²) in [5, 5.41) is 0.616. The Bertz CT molecular complexity index is 417. The van der Waals surface area contributed by atoms with Crippen LogP contribution in [0.5, 0.6) is 5.75 Å². The molecule has 4 heteroatoms. The Morgan fingerprint density at radius 3 is 2.94 bits per heavy atom. The van der Waals surface area contributed by atoms with Crippen molar-refractivity contribution in [1.82, 2.24) is 0 Å². The van der Waals surface area contributed by atoms with Gasteiger partial charge in [0.15, 0.2) is 0 Å². The molecular weight excluding hydrogens is 226 g/mol. The van der Waals surface area contributed by atoms with Gasteiger partial charge in [-0.2, -0.15) is 0 Å². The molecule has 0 saturated heterocycles. The SMILES string of the molecule is CC(C)C(=O)N1CCOc2ccc(Cl)cc21. The normalized spacial score (nSPS) is 14.6. The van der Waals surface area contributed by atoms with Gasteiger partial charge < -0.3 is 9.64 Å². The second-order valence-corrected chi connectivity index (χ2v) is 4.54. The molecule has 0 spiro atoms. The highest BCUT2D eigenvalue weighted by Gasteiger charge is 2.25. The van der Waals surface area contributed by atoms with Gasteiger partial charge in [0.05, 0.1) is 12.2 Å². The summed E-state index contributed by atoms with van der Waals surface area (Å²) in [6.07, 6.45) is 0. The highest BCUT2D eigenvalue weighted by molar-refractivity contribution is 6.31. The van der Waals surface area contributed by atoms with Crippen LogP contribution in [0.15, 0.2) is 18.2 Å². The summed E-state index contributed by atoms with van der Waals surface area (Å²) in [7, 11) is 0. The van der Waals surface area contributed by atoms with Crippen LogP contribution in [-0.4, -0.2) is 19.1 Å². The van der Waals surface area contributed by atoms with E-state index in [-0.39, 0.29) is 11.8 Å². The minimum absolute atomic E-state index is 0.0232. The van der Waals surface area contributed by atoms with Crippen molar-refractivity contribution in [3.8, 4) is 5.75 Å². The van der Waals surface area contributed by atoms with Crippen LogP contribution in [0.25, 0.3) is 0 Å². The summed E-state index contributed by atoms with van der Waals surface area (Å²) in [4.78, 5) is 13.7. The molecule has 1 aromatic carbocycles. The van der Waals surface area contributed by atoms with E-state index in [0.29, 0.717) is 18.2 Å². The van der Waals surface area contributed by atoms with Crippen molar-refractivity contribution in [1.29, 1.82) is 0 Å². The van der Waals surface area contributed by atoms with E-state index in [4.69, 9.17) is 16.3 Å². The summed E-state index contributed by atoms with van der Waals surface area (Å²) in [5.74, 6) is 0.807. The van der Waals surface area contributed by atoms with Crippen LogP contribution in [0.2, 0.25) is 5.02 Å². The maximum absolute atomic E-state index is 12.0. The van der Waals surface area contributed by atoms with E-state index in [2.05, 4.69) is 0 Å². The van der Waals surface area contributed by atoms with E-state index in [1.54, 1.807) is 23.1 Å². The number of benzene rings is 1. The molecule has 0 aliphatic carbocycles. The molecule has 0 radical (unpaired) electrons. The van der Waals surface area contributed by atoms with Gasteiger partial charge in [-0.05, 0) is 18.2 Å². The van der Waals surface area contributed by atoms with E-state index in [0.717, 1.165) is 11.4 Å². The molecule has 0 N–H and O–H groups in total. The van der Waals surface area contributed by atoms with Crippen LogP contribution in [-0.2, 0) is 4.79 Å². The Balaban J connectivity index is 2.39. The zero-order valence-electron chi connectivity index (χ0n) is 9.37. The molecular formula is C12H14ClNO2. The topological polar surface area (TPSA) is 29.5 Å². The Labute approximate surface area is 100.0 Å². The van der Waals surface area contributed by atoms with Crippen LogP contribution in [0.4, 0.5) is 5.69 Å². The largest absolute Gasteiger partial charge is 0.490 e. The second-order valence-electron chi connectivity index (χ2n) is 4.11. The first-order valence-electron chi connectivity index (χ1n) is 5.33. The molecule has 86 valence electrons. The number of anilines is 1. The number of rotatable bonds is 1. The highest BCUT2D eigenvalue weighted by atomic mass is 35.5. The van der Waals surface area contributed by atoms with Crippen molar-refractivity contribution >= 4 is 23.2 Å². The van der Waals surface area contributed by atoms with Crippen molar-refractivity contribution in [3.63, 3.8) is 0 Å². The molecule has 0 saturated carbocycles. The summed E-state index contributed by atoms with van der Waals surface area (Å²) in [6.45, 7) is 4.90. The molecule has 0 bridgehead atoms. The zero-order chi connectivity index (χ0) is 11.7. The maximum Gasteiger partial charge on any atom is 0.229 e. The molecule has 1 aliphatic rings. The van der Waals surface area contributed by atoms with Gasteiger partial charge in [0.25, 0.3) is 0 Å². The number of hydrogen-bond acceptors (Lipinski definition) is 2. The lowest BCUT2D eigenvalue weighted by Crippen LogP contribution is -2.40. The lowest BCUT2D eigenvalue weighted by atomic mass is 10.1. The third-order valence-corrected chi connectivity index (χ3v) is 2.78. The van der Waals surface area contributed by atoms with Gasteiger partial charge >= 0.3 is 0 Å². The Morgan fingerprint density at radius 1 is 1.50 bits per heavy atom. The van der Waals surface area contributed by atoms with Gasteiger partial charge in [-0.15, -0.1) is 0 Å². The summed E-state index contributed by atoms with van der Waals surface area (Å²) in [5.41, 5.74) is 0.775. The van der Waals surface area contributed by atoms with Gasteiger partial charge in [0, 0.05) is 10.9 Å². The van der Waals surface area contributed by atoms with Crippen molar-refractivity contribution in [2.75, 3.05) is 18.1 Å². The van der Waals surface area contributed by atoms with Gasteiger partial charge in [-0.1, -0.05) is 25.4 Å². The third kappa shape index (κ3) is 2.00. The summed E-state index contributed by atoms with van der Waals surface area (Å²) in [6, 6.07) is 5.34. The monoisotopic (exact) mass is 239 g/mol. The van der Waals surface area contributed by atoms with Crippen molar-refractivity contribution < 1.29 is 9.53 Å². The predicted molar refractivity (Wildman–Crippen MR) is 64.1 cm³/mol. The van der Waals surface area contributed by atoms with Gasteiger partial charge in [0.2, 0.25) is 5.91 Å². The maximum atomic E-state index is 12.0. The number of halogens is 1. The van der Waals surface area contributed by atoms with Crippen molar-refractivity contribution in [2.24, 2.45) is 5.92 Å². The first-order valence-corrected chi connectivity index (χ1v) is 5.71. The molecule has 0 fully saturated rings. The first kappa shape index (κ1) is 11.3. The molecule has 16 heavy (non-hydrogen) atoms. The number of fused-ring (bicyclic) bond motifs is 1. The predicted octanol–water partition coefficient (Wildman–Crippen LogP) is 2.72. The molecule has 2 rings (SSSR count). The third-order valence-electron chi connectivity index (χ3n) is 2.54. The quantitative estimate of drug-likeness (QED) is 0.754. The Hall–Kier alpha value is -1.22. The van der Waals surface area contributed by atoms with Crippen LogP contribution in [0.3, 0.4) is 0 Å². The number of carbonyl (C=O) groups is 1. The fourth-order valence-corrected chi connectivity index (χ4v) is 1.90. The molecule has 1 heterocycles. The van der Waals surface area contributed by atoms with Gasteiger partial charge in [-0.3, -0.25) is 4.79 Å². The highest BCUT2D eigenvalue weighted by Crippen LogP contribution is 2.34. The average Bonchev–Trinajstić information content (AvgIpc) is 2.27. The van der Waals surface area contributed by atoms with Crippen molar-refractivity contribution in [2.45, 2.75) is 13.8 Å². The Kier molecular flexibility index (Phi) is 3.06. The van der Waals surface area contributed by atoms with E-state index in [1.165, 1.54) is 0 Å². The summed E-state index contributed by atoms with van der Waals surface area (Å²) < 4.78 is 5.49. The molecule has 0 aromatic heterocycles. The average molecular weight is 240 g/mol. The van der Waals surface area contributed by atoms with Crippen LogP contribution in [0, 0.1) is 5.92 Å². The summed E-state index contributed by atoms with van der Waals surface area (Å²) >= 11 is 5.93. The van der Waals surface area contributed by atoms with Crippen molar-refractivity contribution in [3.05, 3.63) is 23.2 Å². The van der Waals surface area contributed by atoms with Crippen LogP contribution < -0.4 is 9.64 Å². The number of carbonyl (C=O) groups excluding carboxylic acids is 1. The minimum Gasteiger partial charge on any atom is -0.490 e. The number of nitrogens with zero attached hydrogens (tertiary/aromatic N) is 1. The van der Waals surface area contributed by atoms with Crippen LogP contribution >= 0.6 is 11.6 Å². The lowest BCUT2D eigenvalue weighted by Gasteiger charge is -2.30. The second kappa shape index (κ2) is 4.34. The molecule has 0 atom stereocenters. The van der Waals surface area contributed by atoms with Gasteiger partial charge in [-0.25, -0.2) is 0 Å². The van der Waals surface area contributed by atoms with Crippen LogP contribution in [0.1, 0.15) is 13.8 Å². The first-order chi connectivity index (χ1) is 7.59. The molecule has 1 aliphatic heterocycles. The van der Waals surface area contributed by atoms with E-state index in [1.807, 2.05) is 13.8 Å². The molecule has 1 amide bonds. The fraction of sp³-hybridized carbons (Fsp3) is 0.417. The fourth-order valence-electron chi connectivity index (χ4n) is 1.73. The van der Waals surface area contributed by atoms with Gasteiger partial charge in [0.1, 0.15) is 12.4 Å². The number of ether oxygens (including phenoxy) is 1. The smallest absolute Gasteiger partial charge is 0.229 e. The zero-order valence-corrected chi connectivity index (χ0v) is 10.1. The van der Waals surface area contributed by atoms with E-state index in [9.17, 15) is 4.79 Å². The molecule has 1 aromatic rings. The minimum atomic E-state index is -0.0232. The molecule has 3 nitrogen and oxygen atoms in total. The van der Waals surface area contributed by atoms with E-state index < -0.39 is 0 Å².